The molecule has 0 spiro atoms. The van der Waals surface area contributed by atoms with E-state index < -0.39 is 0 Å². The minimum absolute atomic E-state index is 0.0534. The molecule has 4 nitrogen and oxygen atoms in total. The second kappa shape index (κ2) is 9.08. The van der Waals surface area contributed by atoms with Crippen LogP contribution in [0.3, 0.4) is 0 Å². The molecule has 0 aliphatic carbocycles. The Labute approximate surface area is 144 Å². The third-order valence-corrected chi connectivity index (χ3v) is 4.12. The van der Waals surface area contributed by atoms with Crippen molar-refractivity contribution in [3.05, 3.63) is 65.2 Å². The standard InChI is InChI=1S/C20H26N2O2/c1-15(4-5-16-8-12-19(24-3)13-9-16)22-14-17-6-10-18(11-7-17)20(23)21-2/h6-13,15,22H,4-5,14H2,1-3H3,(H,21,23). The number of hydrogen-bond acceptors (Lipinski definition) is 3. The summed E-state index contributed by atoms with van der Waals surface area (Å²) in [5.41, 5.74) is 3.19. The largest absolute Gasteiger partial charge is 0.497 e. The zero-order valence-electron chi connectivity index (χ0n) is 14.6. The summed E-state index contributed by atoms with van der Waals surface area (Å²) in [6.45, 7) is 3.00. The first-order chi connectivity index (χ1) is 11.6. The maximum absolute atomic E-state index is 11.5. The molecule has 0 aliphatic heterocycles. The molecule has 0 aliphatic rings. The molecule has 0 heterocycles. The minimum Gasteiger partial charge on any atom is -0.497 e. The van der Waals surface area contributed by atoms with Crippen LogP contribution in [0.4, 0.5) is 0 Å². The van der Waals surface area contributed by atoms with Crippen molar-refractivity contribution in [1.82, 2.24) is 10.6 Å². The van der Waals surface area contributed by atoms with Gasteiger partial charge in [0.1, 0.15) is 5.75 Å². The molecule has 1 amide bonds. The van der Waals surface area contributed by atoms with Crippen LogP contribution in [0, 0.1) is 0 Å². The summed E-state index contributed by atoms with van der Waals surface area (Å²) in [6.07, 6.45) is 2.11. The quantitative estimate of drug-likeness (QED) is 0.783. The Morgan fingerprint density at radius 2 is 1.67 bits per heavy atom. The van der Waals surface area contributed by atoms with Crippen LogP contribution in [-0.4, -0.2) is 26.1 Å². The SMILES string of the molecule is CNC(=O)c1ccc(CNC(C)CCc2ccc(OC)cc2)cc1. The number of methoxy groups -OCH3 is 1. The second-order valence-corrected chi connectivity index (χ2v) is 5.94. The number of ether oxygens (including phenoxy) is 1. The van der Waals surface area contributed by atoms with Gasteiger partial charge in [0, 0.05) is 25.2 Å². The summed E-state index contributed by atoms with van der Waals surface area (Å²) < 4.78 is 5.18. The van der Waals surface area contributed by atoms with Crippen LogP contribution in [0.2, 0.25) is 0 Å². The molecule has 1 atom stereocenters. The molecule has 0 saturated heterocycles. The molecular weight excluding hydrogens is 300 g/mol. The van der Waals surface area contributed by atoms with Gasteiger partial charge in [0.2, 0.25) is 0 Å². The van der Waals surface area contributed by atoms with Crippen molar-refractivity contribution in [2.45, 2.75) is 32.4 Å². The number of carbonyl (C=O) groups excluding carboxylic acids is 1. The van der Waals surface area contributed by atoms with Crippen molar-refractivity contribution in [1.29, 1.82) is 0 Å². The number of carbonyl (C=O) groups is 1. The fraction of sp³-hybridized carbons (Fsp3) is 0.350. The van der Waals surface area contributed by atoms with Gasteiger partial charge in [-0.3, -0.25) is 4.79 Å². The van der Waals surface area contributed by atoms with Crippen LogP contribution >= 0.6 is 0 Å². The average molecular weight is 326 g/mol. The molecular formula is C20H26N2O2. The molecule has 2 aromatic carbocycles. The summed E-state index contributed by atoms with van der Waals surface area (Å²) >= 11 is 0. The molecule has 24 heavy (non-hydrogen) atoms. The lowest BCUT2D eigenvalue weighted by atomic mass is 10.1. The highest BCUT2D eigenvalue weighted by molar-refractivity contribution is 5.93. The maximum Gasteiger partial charge on any atom is 0.251 e. The summed E-state index contributed by atoms with van der Waals surface area (Å²) in [5.74, 6) is 0.840. The molecule has 1 unspecified atom stereocenters. The highest BCUT2D eigenvalue weighted by atomic mass is 16.5. The van der Waals surface area contributed by atoms with Crippen LogP contribution in [0.15, 0.2) is 48.5 Å². The summed E-state index contributed by atoms with van der Waals surface area (Å²) in [6, 6.07) is 16.4. The Morgan fingerprint density at radius 1 is 1.04 bits per heavy atom. The molecule has 2 aromatic rings. The molecule has 2 rings (SSSR count). The molecule has 4 heteroatoms. The van der Waals surface area contributed by atoms with Crippen LogP contribution in [0.1, 0.15) is 34.8 Å². The van der Waals surface area contributed by atoms with Gasteiger partial charge in [-0.2, -0.15) is 0 Å². The lowest BCUT2D eigenvalue weighted by Crippen LogP contribution is -2.26. The van der Waals surface area contributed by atoms with Gasteiger partial charge in [0.05, 0.1) is 7.11 Å². The van der Waals surface area contributed by atoms with Gasteiger partial charge in [-0.15, -0.1) is 0 Å². The number of rotatable bonds is 8. The Kier molecular flexibility index (Phi) is 6.82. The average Bonchev–Trinajstić information content (AvgIpc) is 2.64. The van der Waals surface area contributed by atoms with Crippen LogP contribution < -0.4 is 15.4 Å². The van der Waals surface area contributed by atoms with Gasteiger partial charge < -0.3 is 15.4 Å². The van der Waals surface area contributed by atoms with Crippen LogP contribution in [-0.2, 0) is 13.0 Å². The summed E-state index contributed by atoms with van der Waals surface area (Å²) in [4.78, 5) is 11.5. The van der Waals surface area contributed by atoms with Gasteiger partial charge >= 0.3 is 0 Å². The summed E-state index contributed by atoms with van der Waals surface area (Å²) in [5, 5.41) is 6.16. The third kappa shape index (κ3) is 5.39. The van der Waals surface area contributed by atoms with E-state index in [1.54, 1.807) is 14.2 Å². The first kappa shape index (κ1) is 18.0. The zero-order chi connectivity index (χ0) is 17.4. The van der Waals surface area contributed by atoms with E-state index in [9.17, 15) is 4.79 Å². The van der Waals surface area contributed by atoms with E-state index in [2.05, 4.69) is 29.7 Å². The number of hydrogen-bond donors (Lipinski definition) is 2. The van der Waals surface area contributed by atoms with E-state index in [0.29, 0.717) is 11.6 Å². The Morgan fingerprint density at radius 3 is 2.25 bits per heavy atom. The number of nitrogens with one attached hydrogen (secondary N) is 2. The first-order valence-corrected chi connectivity index (χ1v) is 8.29. The predicted molar refractivity (Wildman–Crippen MR) is 97.4 cm³/mol. The monoisotopic (exact) mass is 326 g/mol. The number of benzene rings is 2. The molecule has 0 bridgehead atoms. The highest BCUT2D eigenvalue weighted by Gasteiger charge is 2.05. The van der Waals surface area contributed by atoms with E-state index in [4.69, 9.17) is 4.74 Å². The van der Waals surface area contributed by atoms with E-state index in [-0.39, 0.29) is 5.91 Å². The Hall–Kier alpha value is -2.33. The lowest BCUT2D eigenvalue weighted by molar-refractivity contribution is 0.0963. The zero-order valence-corrected chi connectivity index (χ0v) is 14.6. The summed E-state index contributed by atoms with van der Waals surface area (Å²) in [7, 11) is 3.32. The topological polar surface area (TPSA) is 50.4 Å². The smallest absolute Gasteiger partial charge is 0.251 e. The van der Waals surface area contributed by atoms with E-state index in [1.807, 2.05) is 36.4 Å². The molecule has 0 radical (unpaired) electrons. The number of amides is 1. The first-order valence-electron chi connectivity index (χ1n) is 8.29. The Bertz CT molecular complexity index is 636. The van der Waals surface area contributed by atoms with E-state index in [1.165, 1.54) is 11.1 Å². The third-order valence-electron chi connectivity index (χ3n) is 4.12. The molecule has 0 fully saturated rings. The lowest BCUT2D eigenvalue weighted by Gasteiger charge is -2.14. The van der Waals surface area contributed by atoms with Crippen molar-refractivity contribution >= 4 is 5.91 Å². The van der Waals surface area contributed by atoms with Crippen molar-refractivity contribution in [2.75, 3.05) is 14.2 Å². The second-order valence-electron chi connectivity index (χ2n) is 5.94. The molecule has 0 saturated carbocycles. The van der Waals surface area contributed by atoms with Crippen LogP contribution in [0.25, 0.3) is 0 Å². The van der Waals surface area contributed by atoms with Gasteiger partial charge in [-0.05, 0) is 55.2 Å². The van der Waals surface area contributed by atoms with Gasteiger partial charge in [-0.1, -0.05) is 24.3 Å². The van der Waals surface area contributed by atoms with Gasteiger partial charge in [0.25, 0.3) is 5.91 Å². The predicted octanol–water partition coefficient (Wildman–Crippen LogP) is 3.17. The van der Waals surface area contributed by atoms with E-state index in [0.717, 1.165) is 25.1 Å². The fourth-order valence-corrected chi connectivity index (χ4v) is 2.49. The molecule has 128 valence electrons. The van der Waals surface area contributed by atoms with Crippen molar-refractivity contribution < 1.29 is 9.53 Å². The minimum atomic E-state index is -0.0534. The fourth-order valence-electron chi connectivity index (χ4n) is 2.49. The molecule has 2 N–H and O–H groups in total. The molecule has 0 aromatic heterocycles. The Balaban J connectivity index is 1.76. The van der Waals surface area contributed by atoms with Crippen LogP contribution in [0.5, 0.6) is 5.75 Å². The van der Waals surface area contributed by atoms with Gasteiger partial charge in [0.15, 0.2) is 0 Å². The van der Waals surface area contributed by atoms with E-state index >= 15 is 0 Å². The van der Waals surface area contributed by atoms with Gasteiger partial charge in [-0.25, -0.2) is 0 Å². The maximum atomic E-state index is 11.5. The van der Waals surface area contributed by atoms with Crippen molar-refractivity contribution in [2.24, 2.45) is 0 Å². The van der Waals surface area contributed by atoms with Crippen molar-refractivity contribution in [3.63, 3.8) is 0 Å². The highest BCUT2D eigenvalue weighted by Crippen LogP contribution is 2.13. The number of aryl methyl sites for hydroxylation is 1. The van der Waals surface area contributed by atoms with Crippen molar-refractivity contribution in [3.8, 4) is 5.75 Å². The normalized spacial score (nSPS) is 11.8.